The molecule has 2 aliphatic rings. The van der Waals surface area contributed by atoms with Gasteiger partial charge >= 0.3 is 0 Å². The van der Waals surface area contributed by atoms with Gasteiger partial charge in [-0.2, -0.15) is 0 Å². The number of rotatable bonds is 2. The van der Waals surface area contributed by atoms with Crippen molar-refractivity contribution >= 4 is 0 Å². The van der Waals surface area contributed by atoms with Crippen molar-refractivity contribution in [3.05, 3.63) is 34.9 Å². The largest absolute Gasteiger partial charge is 0.380 e. The van der Waals surface area contributed by atoms with Crippen molar-refractivity contribution in [2.24, 2.45) is 11.8 Å². The van der Waals surface area contributed by atoms with E-state index in [4.69, 9.17) is 4.74 Å². The summed E-state index contributed by atoms with van der Waals surface area (Å²) in [7, 11) is 0. The van der Waals surface area contributed by atoms with E-state index in [1.54, 1.807) is 11.1 Å². The summed E-state index contributed by atoms with van der Waals surface area (Å²) in [5.74, 6) is 2.34. The highest BCUT2D eigenvalue weighted by atomic mass is 16.5. The van der Waals surface area contributed by atoms with Gasteiger partial charge in [-0.25, -0.2) is 0 Å². The minimum atomic E-state index is 0.670. The Balaban J connectivity index is 1.82. The number of hydrogen-bond acceptors (Lipinski definition) is 1. The second-order valence-electron chi connectivity index (χ2n) is 5.67. The molecule has 1 fully saturated rings. The second kappa shape index (κ2) is 3.89. The Morgan fingerprint density at radius 3 is 2.50 bits per heavy atom. The zero-order valence-electron chi connectivity index (χ0n) is 10.2. The Morgan fingerprint density at radius 1 is 1.12 bits per heavy atom. The van der Waals surface area contributed by atoms with Gasteiger partial charge in [-0.05, 0) is 41.4 Å². The molecule has 0 amide bonds. The van der Waals surface area contributed by atoms with Gasteiger partial charge in [0.05, 0.1) is 13.2 Å². The first-order chi connectivity index (χ1) is 7.74. The fourth-order valence-corrected chi connectivity index (χ4v) is 2.83. The molecule has 1 unspecified atom stereocenters. The lowest BCUT2D eigenvalue weighted by Gasteiger charge is -2.26. The molecule has 86 valence electrons. The van der Waals surface area contributed by atoms with Crippen LogP contribution in [-0.2, 0) is 17.6 Å². The van der Waals surface area contributed by atoms with Crippen LogP contribution in [0.5, 0.6) is 0 Å². The van der Waals surface area contributed by atoms with E-state index in [0.717, 1.165) is 25.0 Å². The summed E-state index contributed by atoms with van der Waals surface area (Å²) in [6.45, 7) is 6.53. The molecule has 1 saturated heterocycles. The minimum absolute atomic E-state index is 0.670. The van der Waals surface area contributed by atoms with E-state index in [9.17, 15) is 0 Å². The number of benzene rings is 1. The molecule has 0 radical (unpaired) electrons. The second-order valence-corrected chi connectivity index (χ2v) is 5.67. The van der Waals surface area contributed by atoms with E-state index >= 15 is 0 Å². The molecule has 0 aromatic heterocycles. The molecule has 0 N–H and O–H groups in total. The van der Waals surface area contributed by atoms with Crippen LogP contribution in [0.1, 0.15) is 36.5 Å². The van der Waals surface area contributed by atoms with Crippen molar-refractivity contribution in [1.29, 1.82) is 0 Å². The topological polar surface area (TPSA) is 9.23 Å². The molecule has 1 aliphatic heterocycles. The maximum absolute atomic E-state index is 5.27. The van der Waals surface area contributed by atoms with Gasteiger partial charge in [0.25, 0.3) is 0 Å². The van der Waals surface area contributed by atoms with Crippen LogP contribution in [0.15, 0.2) is 18.2 Å². The summed E-state index contributed by atoms with van der Waals surface area (Å²) in [5.41, 5.74) is 4.68. The highest BCUT2D eigenvalue weighted by Crippen LogP contribution is 2.34. The predicted octanol–water partition coefficient (Wildman–Crippen LogP) is 3.17. The molecule has 1 aromatic carbocycles. The minimum Gasteiger partial charge on any atom is -0.380 e. The first-order valence-corrected chi connectivity index (χ1v) is 6.43. The van der Waals surface area contributed by atoms with Gasteiger partial charge in [-0.1, -0.05) is 32.0 Å². The summed E-state index contributed by atoms with van der Waals surface area (Å²) in [5, 5.41) is 0. The molecular formula is C15H20O. The Bertz CT molecular complexity index is 390. The van der Waals surface area contributed by atoms with Gasteiger partial charge in [0.1, 0.15) is 0 Å². The first-order valence-electron chi connectivity index (χ1n) is 6.43. The van der Waals surface area contributed by atoms with Crippen LogP contribution >= 0.6 is 0 Å². The van der Waals surface area contributed by atoms with Crippen LogP contribution in [-0.4, -0.2) is 13.2 Å². The third kappa shape index (κ3) is 1.67. The quantitative estimate of drug-likeness (QED) is 0.738. The lowest BCUT2D eigenvalue weighted by atomic mass is 9.93. The van der Waals surface area contributed by atoms with Gasteiger partial charge in [0.2, 0.25) is 0 Å². The monoisotopic (exact) mass is 216 g/mol. The number of fused-ring (bicyclic) bond motifs is 1. The Labute approximate surface area is 97.8 Å². The van der Waals surface area contributed by atoms with Crippen molar-refractivity contribution in [2.45, 2.75) is 32.6 Å². The van der Waals surface area contributed by atoms with Crippen LogP contribution < -0.4 is 0 Å². The molecule has 1 aromatic rings. The van der Waals surface area contributed by atoms with E-state index in [1.807, 2.05) is 0 Å². The van der Waals surface area contributed by atoms with Crippen molar-refractivity contribution in [3.63, 3.8) is 0 Å². The van der Waals surface area contributed by atoms with Gasteiger partial charge in [-0.3, -0.25) is 0 Å². The van der Waals surface area contributed by atoms with Crippen molar-refractivity contribution in [2.75, 3.05) is 13.2 Å². The molecule has 16 heavy (non-hydrogen) atoms. The smallest absolute Gasteiger partial charge is 0.0557 e. The fraction of sp³-hybridized carbons (Fsp3) is 0.600. The lowest BCUT2D eigenvalue weighted by molar-refractivity contribution is 0.00840. The van der Waals surface area contributed by atoms with E-state index in [1.165, 1.54) is 18.4 Å². The molecule has 1 heterocycles. The molecule has 0 saturated carbocycles. The summed E-state index contributed by atoms with van der Waals surface area (Å²) in [6, 6.07) is 7.10. The van der Waals surface area contributed by atoms with Gasteiger partial charge < -0.3 is 4.74 Å². The number of ether oxygens (including phenoxy) is 1. The van der Waals surface area contributed by atoms with Crippen LogP contribution in [0.25, 0.3) is 0 Å². The van der Waals surface area contributed by atoms with Crippen molar-refractivity contribution in [1.82, 2.24) is 0 Å². The normalized spacial score (nSPS) is 24.6. The summed E-state index contributed by atoms with van der Waals surface area (Å²) >= 11 is 0. The van der Waals surface area contributed by atoms with Crippen molar-refractivity contribution in [3.8, 4) is 0 Å². The molecule has 1 atom stereocenters. The zero-order chi connectivity index (χ0) is 11.1. The predicted molar refractivity (Wildman–Crippen MR) is 65.7 cm³/mol. The van der Waals surface area contributed by atoms with Gasteiger partial charge in [0.15, 0.2) is 0 Å². The third-order valence-corrected chi connectivity index (χ3v) is 4.25. The average molecular weight is 216 g/mol. The molecule has 0 spiro atoms. The fourth-order valence-electron chi connectivity index (χ4n) is 2.83. The summed E-state index contributed by atoms with van der Waals surface area (Å²) in [4.78, 5) is 0. The van der Waals surface area contributed by atoms with E-state index in [2.05, 4.69) is 32.0 Å². The molecule has 0 bridgehead atoms. The van der Waals surface area contributed by atoms with Crippen LogP contribution in [0.4, 0.5) is 0 Å². The van der Waals surface area contributed by atoms with E-state index in [-0.39, 0.29) is 0 Å². The van der Waals surface area contributed by atoms with E-state index in [0.29, 0.717) is 5.92 Å². The van der Waals surface area contributed by atoms with Gasteiger partial charge in [0, 0.05) is 5.92 Å². The Kier molecular flexibility index (Phi) is 2.51. The maximum Gasteiger partial charge on any atom is 0.0557 e. The SMILES string of the molecule is CC(C)C1Cc2ccc(C3COC3)cc2C1. The molecule has 3 rings (SSSR count). The lowest BCUT2D eigenvalue weighted by Crippen LogP contribution is -2.25. The Hall–Kier alpha value is -0.820. The highest BCUT2D eigenvalue weighted by molar-refractivity contribution is 5.38. The Morgan fingerprint density at radius 2 is 1.88 bits per heavy atom. The molecular weight excluding hydrogens is 196 g/mol. The molecule has 1 heteroatoms. The third-order valence-electron chi connectivity index (χ3n) is 4.25. The maximum atomic E-state index is 5.27. The molecule has 1 nitrogen and oxygen atoms in total. The first kappa shape index (κ1) is 10.3. The molecule has 1 aliphatic carbocycles. The van der Waals surface area contributed by atoms with Crippen molar-refractivity contribution < 1.29 is 4.74 Å². The van der Waals surface area contributed by atoms with E-state index < -0.39 is 0 Å². The summed E-state index contributed by atoms with van der Waals surface area (Å²) < 4.78 is 5.27. The van der Waals surface area contributed by atoms with Crippen LogP contribution in [0.3, 0.4) is 0 Å². The highest BCUT2D eigenvalue weighted by Gasteiger charge is 2.26. The number of hydrogen-bond donors (Lipinski definition) is 0. The van der Waals surface area contributed by atoms with Gasteiger partial charge in [-0.15, -0.1) is 0 Å². The van der Waals surface area contributed by atoms with Crippen LogP contribution in [0.2, 0.25) is 0 Å². The van der Waals surface area contributed by atoms with Crippen LogP contribution in [0, 0.1) is 11.8 Å². The zero-order valence-corrected chi connectivity index (χ0v) is 10.2. The standard InChI is InChI=1S/C15H20O/c1-10(2)13-5-11-3-4-12(6-14(11)7-13)15-8-16-9-15/h3-4,6,10,13,15H,5,7-9H2,1-2H3. The average Bonchev–Trinajstić information content (AvgIpc) is 2.57. The summed E-state index contributed by atoms with van der Waals surface area (Å²) in [6.07, 6.45) is 2.57.